The van der Waals surface area contributed by atoms with Crippen molar-refractivity contribution in [2.75, 3.05) is 13.1 Å². The first-order chi connectivity index (χ1) is 12.5. The van der Waals surface area contributed by atoms with Crippen molar-refractivity contribution in [3.05, 3.63) is 54.1 Å². The van der Waals surface area contributed by atoms with Gasteiger partial charge < -0.3 is 4.42 Å². The van der Waals surface area contributed by atoms with Gasteiger partial charge in [-0.1, -0.05) is 37.6 Å². The molecule has 0 unspecified atom stereocenters. The van der Waals surface area contributed by atoms with E-state index in [0.717, 1.165) is 11.1 Å². The van der Waals surface area contributed by atoms with E-state index in [4.69, 9.17) is 4.42 Å². The lowest BCUT2D eigenvalue weighted by molar-refractivity contribution is 0.445. The van der Waals surface area contributed by atoms with Crippen LogP contribution in [-0.2, 0) is 10.0 Å². The first-order valence-electron chi connectivity index (χ1n) is 8.46. The fraction of sp³-hybridized carbons (Fsp3) is 0.263. The second kappa shape index (κ2) is 7.39. The Morgan fingerprint density at radius 1 is 0.923 bits per heavy atom. The van der Waals surface area contributed by atoms with Crippen molar-refractivity contribution in [3.8, 4) is 22.9 Å². The third-order valence-corrected chi connectivity index (χ3v) is 6.16. The van der Waals surface area contributed by atoms with Crippen LogP contribution in [0.1, 0.15) is 19.4 Å². The van der Waals surface area contributed by atoms with Gasteiger partial charge >= 0.3 is 0 Å². The number of hydrogen-bond acceptors (Lipinski definition) is 5. The number of nitrogens with zero attached hydrogens (tertiary/aromatic N) is 3. The van der Waals surface area contributed by atoms with E-state index in [2.05, 4.69) is 10.2 Å². The van der Waals surface area contributed by atoms with E-state index in [9.17, 15) is 8.42 Å². The van der Waals surface area contributed by atoms with E-state index in [1.807, 2.05) is 45.0 Å². The Bertz CT molecular complexity index is 1010. The molecular weight excluding hydrogens is 350 g/mol. The zero-order chi connectivity index (χ0) is 18.7. The fourth-order valence-corrected chi connectivity index (χ4v) is 4.24. The summed E-state index contributed by atoms with van der Waals surface area (Å²) in [5.74, 6) is 0.693. The molecule has 0 saturated carbocycles. The minimum absolute atomic E-state index is 0.217. The Balaban J connectivity index is 1.97. The third-order valence-electron chi connectivity index (χ3n) is 4.11. The molecule has 136 valence electrons. The van der Waals surface area contributed by atoms with Crippen molar-refractivity contribution in [2.24, 2.45) is 0 Å². The Kier molecular flexibility index (Phi) is 5.20. The first kappa shape index (κ1) is 18.3. The van der Waals surface area contributed by atoms with Crippen LogP contribution in [0, 0.1) is 6.92 Å². The average molecular weight is 371 g/mol. The van der Waals surface area contributed by atoms with Crippen molar-refractivity contribution in [1.29, 1.82) is 0 Å². The Morgan fingerprint density at radius 3 is 2.08 bits per heavy atom. The molecule has 0 aliphatic heterocycles. The molecule has 0 amide bonds. The quantitative estimate of drug-likeness (QED) is 0.660. The topological polar surface area (TPSA) is 76.3 Å². The van der Waals surface area contributed by atoms with E-state index in [0.29, 0.717) is 24.5 Å². The molecule has 0 N–H and O–H groups in total. The zero-order valence-electron chi connectivity index (χ0n) is 15.0. The maximum atomic E-state index is 12.7. The maximum absolute atomic E-state index is 12.7. The maximum Gasteiger partial charge on any atom is 0.248 e. The van der Waals surface area contributed by atoms with Gasteiger partial charge in [-0.2, -0.15) is 4.31 Å². The normalized spacial score (nSPS) is 11.8. The molecule has 6 nitrogen and oxygen atoms in total. The van der Waals surface area contributed by atoms with Gasteiger partial charge in [0.1, 0.15) is 0 Å². The summed E-state index contributed by atoms with van der Waals surface area (Å²) in [6.45, 7) is 6.46. The van der Waals surface area contributed by atoms with Gasteiger partial charge in [-0.25, -0.2) is 8.42 Å². The largest absolute Gasteiger partial charge is 0.416 e. The van der Waals surface area contributed by atoms with Crippen LogP contribution in [-0.4, -0.2) is 36.0 Å². The van der Waals surface area contributed by atoms with Crippen molar-refractivity contribution >= 4 is 10.0 Å². The number of benzene rings is 2. The van der Waals surface area contributed by atoms with Gasteiger partial charge in [0.25, 0.3) is 0 Å². The summed E-state index contributed by atoms with van der Waals surface area (Å²) < 4.78 is 32.6. The van der Waals surface area contributed by atoms with Gasteiger partial charge in [0, 0.05) is 24.2 Å². The second-order valence-electron chi connectivity index (χ2n) is 5.90. The summed E-state index contributed by atoms with van der Waals surface area (Å²) in [5.41, 5.74) is 2.50. The van der Waals surface area contributed by atoms with E-state index in [1.165, 1.54) is 4.31 Å². The summed E-state index contributed by atoms with van der Waals surface area (Å²) in [5, 5.41) is 8.16. The molecule has 1 aromatic heterocycles. The Labute approximate surface area is 153 Å². The minimum Gasteiger partial charge on any atom is -0.416 e. The molecule has 0 radical (unpaired) electrons. The molecule has 3 rings (SSSR count). The lowest BCUT2D eigenvalue weighted by Crippen LogP contribution is -2.30. The number of sulfonamides is 1. The number of aromatic nitrogens is 2. The standard InChI is InChI=1S/C19H21N3O3S/c1-4-22(5-2)26(23,24)17-11-7-10-16(13-17)19-21-20-18(25-19)15-9-6-8-14(3)12-15/h6-13H,4-5H2,1-3H3. The summed E-state index contributed by atoms with van der Waals surface area (Å²) in [6.07, 6.45) is 0. The molecule has 7 heteroatoms. The predicted molar refractivity (Wildman–Crippen MR) is 100 cm³/mol. The van der Waals surface area contributed by atoms with Gasteiger partial charge in [0.2, 0.25) is 21.8 Å². The average Bonchev–Trinajstić information content (AvgIpc) is 3.13. The monoisotopic (exact) mass is 371 g/mol. The van der Waals surface area contributed by atoms with Gasteiger partial charge in [0.15, 0.2) is 0 Å². The van der Waals surface area contributed by atoms with Crippen LogP contribution < -0.4 is 0 Å². The summed E-state index contributed by atoms with van der Waals surface area (Å²) in [4.78, 5) is 0.217. The van der Waals surface area contributed by atoms with E-state index < -0.39 is 10.0 Å². The Hall–Kier alpha value is -2.51. The molecule has 0 atom stereocenters. The fourth-order valence-electron chi connectivity index (χ4n) is 2.74. The summed E-state index contributed by atoms with van der Waals surface area (Å²) in [7, 11) is -3.54. The molecule has 0 bridgehead atoms. The van der Waals surface area contributed by atoms with Crippen LogP contribution in [0.3, 0.4) is 0 Å². The molecule has 0 fully saturated rings. The lowest BCUT2D eigenvalue weighted by atomic mass is 10.1. The SMILES string of the molecule is CCN(CC)S(=O)(=O)c1cccc(-c2nnc(-c3cccc(C)c3)o2)c1. The molecule has 2 aromatic carbocycles. The van der Waals surface area contributed by atoms with Crippen molar-refractivity contribution in [1.82, 2.24) is 14.5 Å². The molecule has 3 aromatic rings. The van der Waals surface area contributed by atoms with E-state index >= 15 is 0 Å². The molecule has 0 aliphatic rings. The molecule has 0 aliphatic carbocycles. The molecule has 0 spiro atoms. The molecule has 1 heterocycles. The van der Waals surface area contributed by atoms with Gasteiger partial charge in [-0.3, -0.25) is 0 Å². The molecule has 26 heavy (non-hydrogen) atoms. The van der Waals surface area contributed by atoms with E-state index in [-0.39, 0.29) is 10.8 Å². The molecule has 0 saturated heterocycles. The first-order valence-corrected chi connectivity index (χ1v) is 9.90. The van der Waals surface area contributed by atoms with Crippen molar-refractivity contribution in [2.45, 2.75) is 25.7 Å². The highest BCUT2D eigenvalue weighted by molar-refractivity contribution is 7.89. The van der Waals surface area contributed by atoms with Crippen LogP contribution in [0.5, 0.6) is 0 Å². The van der Waals surface area contributed by atoms with Crippen LogP contribution in [0.15, 0.2) is 57.8 Å². The van der Waals surface area contributed by atoms with Crippen LogP contribution in [0.2, 0.25) is 0 Å². The number of hydrogen-bond donors (Lipinski definition) is 0. The number of aryl methyl sites for hydroxylation is 1. The van der Waals surface area contributed by atoms with Gasteiger partial charge in [0.05, 0.1) is 4.90 Å². The third kappa shape index (κ3) is 3.54. The Morgan fingerprint density at radius 2 is 1.50 bits per heavy atom. The van der Waals surface area contributed by atoms with Gasteiger partial charge in [-0.05, 0) is 37.3 Å². The zero-order valence-corrected chi connectivity index (χ0v) is 15.8. The van der Waals surface area contributed by atoms with Crippen molar-refractivity contribution in [3.63, 3.8) is 0 Å². The summed E-state index contributed by atoms with van der Waals surface area (Å²) >= 11 is 0. The highest BCUT2D eigenvalue weighted by Crippen LogP contribution is 2.26. The van der Waals surface area contributed by atoms with Crippen LogP contribution in [0.25, 0.3) is 22.9 Å². The van der Waals surface area contributed by atoms with Crippen molar-refractivity contribution < 1.29 is 12.8 Å². The lowest BCUT2D eigenvalue weighted by Gasteiger charge is -2.18. The minimum atomic E-state index is -3.54. The van der Waals surface area contributed by atoms with Crippen LogP contribution >= 0.6 is 0 Å². The molecular formula is C19H21N3O3S. The number of rotatable bonds is 6. The highest BCUT2D eigenvalue weighted by Gasteiger charge is 2.22. The van der Waals surface area contributed by atoms with Gasteiger partial charge in [-0.15, -0.1) is 10.2 Å². The summed E-state index contributed by atoms with van der Waals surface area (Å²) in [6, 6.07) is 14.4. The van der Waals surface area contributed by atoms with E-state index in [1.54, 1.807) is 24.3 Å². The van der Waals surface area contributed by atoms with Crippen LogP contribution in [0.4, 0.5) is 0 Å². The predicted octanol–water partition coefficient (Wildman–Crippen LogP) is 3.74. The second-order valence-corrected chi connectivity index (χ2v) is 7.84. The highest BCUT2D eigenvalue weighted by atomic mass is 32.2. The smallest absolute Gasteiger partial charge is 0.248 e.